The van der Waals surface area contributed by atoms with Crippen LogP contribution in [0.15, 0.2) is 12.2 Å². The number of hydrogen-bond acceptors (Lipinski definition) is 1. The average Bonchev–Trinajstić information content (AvgIpc) is 2.41. The third-order valence-electron chi connectivity index (χ3n) is 4.69. The van der Waals surface area contributed by atoms with Gasteiger partial charge < -0.3 is 4.90 Å². The van der Waals surface area contributed by atoms with Crippen LogP contribution in [0.1, 0.15) is 40.0 Å². The Balaban J connectivity index is 2.41. The first-order valence-electron chi connectivity index (χ1n) is 7.60. The zero-order valence-electron chi connectivity index (χ0n) is 12.2. The van der Waals surface area contributed by atoms with E-state index in [1.54, 1.807) is 0 Å². The van der Waals surface area contributed by atoms with Crippen LogP contribution in [-0.4, -0.2) is 32.6 Å². The van der Waals surface area contributed by atoms with E-state index in [1.165, 1.54) is 63.1 Å². The largest absolute Gasteiger partial charge is 0.304 e. The van der Waals surface area contributed by atoms with E-state index < -0.39 is 8.07 Å². The van der Waals surface area contributed by atoms with Gasteiger partial charge in [0.25, 0.3) is 0 Å². The van der Waals surface area contributed by atoms with Crippen LogP contribution in [0.25, 0.3) is 0 Å². The predicted molar refractivity (Wildman–Crippen MR) is 81.4 cm³/mol. The fourth-order valence-corrected chi connectivity index (χ4v) is 6.46. The lowest BCUT2D eigenvalue weighted by atomic mass is 10.1. The van der Waals surface area contributed by atoms with Crippen molar-refractivity contribution in [3.05, 3.63) is 12.2 Å². The summed E-state index contributed by atoms with van der Waals surface area (Å²) in [6.45, 7) is 11.1. The summed E-state index contributed by atoms with van der Waals surface area (Å²) < 4.78 is 0. The summed E-state index contributed by atoms with van der Waals surface area (Å²) in [6.07, 6.45) is 8.99. The minimum Gasteiger partial charge on any atom is -0.304 e. The molecule has 0 aromatic rings. The molecule has 17 heavy (non-hydrogen) atoms. The highest BCUT2D eigenvalue weighted by Crippen LogP contribution is 2.26. The van der Waals surface area contributed by atoms with Crippen LogP contribution in [0, 0.1) is 0 Å². The Morgan fingerprint density at radius 2 is 1.71 bits per heavy atom. The van der Waals surface area contributed by atoms with Crippen molar-refractivity contribution in [2.45, 2.75) is 64.2 Å². The van der Waals surface area contributed by atoms with Crippen LogP contribution in [0.2, 0.25) is 24.2 Å². The molecule has 1 nitrogen and oxygen atoms in total. The topological polar surface area (TPSA) is 3.24 Å². The number of hydrogen-bond donors (Lipinski definition) is 0. The molecule has 1 aliphatic heterocycles. The van der Waals surface area contributed by atoms with Crippen LogP contribution in [0.3, 0.4) is 0 Å². The van der Waals surface area contributed by atoms with Crippen molar-refractivity contribution in [3.63, 3.8) is 0 Å². The highest BCUT2D eigenvalue weighted by molar-refractivity contribution is 6.80. The van der Waals surface area contributed by atoms with Gasteiger partial charge in [0.1, 0.15) is 0 Å². The lowest BCUT2D eigenvalue weighted by Crippen LogP contribution is -2.38. The summed E-state index contributed by atoms with van der Waals surface area (Å²) in [7, 11) is -0.977. The van der Waals surface area contributed by atoms with Crippen molar-refractivity contribution < 1.29 is 0 Å². The summed E-state index contributed by atoms with van der Waals surface area (Å²) >= 11 is 0. The van der Waals surface area contributed by atoms with Gasteiger partial charge >= 0.3 is 0 Å². The smallest absolute Gasteiger partial charge is 0.0580 e. The van der Waals surface area contributed by atoms with Crippen LogP contribution >= 0.6 is 0 Å². The maximum absolute atomic E-state index is 2.71. The number of likely N-dealkylation sites (tertiary alicyclic amines) is 1. The molecule has 0 unspecified atom stereocenters. The monoisotopic (exact) mass is 253 g/mol. The molecule has 0 aliphatic carbocycles. The molecule has 0 radical (unpaired) electrons. The molecule has 0 atom stereocenters. The van der Waals surface area contributed by atoms with Crippen molar-refractivity contribution in [1.29, 1.82) is 0 Å². The maximum Gasteiger partial charge on any atom is 0.0580 e. The van der Waals surface area contributed by atoms with Crippen molar-refractivity contribution >= 4 is 8.07 Å². The third-order valence-corrected chi connectivity index (χ3v) is 10.1. The zero-order chi connectivity index (χ0) is 12.6. The molecule has 0 saturated carbocycles. The molecule has 1 aliphatic rings. The van der Waals surface area contributed by atoms with Crippen molar-refractivity contribution in [2.75, 3.05) is 19.6 Å². The number of rotatable bonds is 7. The summed E-state index contributed by atoms with van der Waals surface area (Å²) in [5.74, 6) is 0. The molecule has 1 fully saturated rings. The number of allylic oxidation sites excluding steroid dienone is 2. The van der Waals surface area contributed by atoms with Crippen molar-refractivity contribution in [3.8, 4) is 0 Å². The first-order chi connectivity index (χ1) is 8.26. The Hall–Kier alpha value is -0.0831. The second-order valence-corrected chi connectivity index (χ2v) is 11.0. The predicted octanol–water partition coefficient (Wildman–Crippen LogP) is 4.54. The minimum absolute atomic E-state index is 0.977. The van der Waals surface area contributed by atoms with E-state index >= 15 is 0 Å². The van der Waals surface area contributed by atoms with E-state index in [0.717, 1.165) is 0 Å². The molecule has 0 aromatic heterocycles. The van der Waals surface area contributed by atoms with E-state index in [9.17, 15) is 0 Å². The fraction of sp³-hybridized carbons (Fsp3) is 0.867. The average molecular weight is 254 g/mol. The second kappa shape index (κ2) is 8.10. The normalized spacial score (nSPS) is 19.0. The van der Waals surface area contributed by atoms with Gasteiger partial charge in [-0.3, -0.25) is 0 Å². The third kappa shape index (κ3) is 4.97. The SMILES string of the molecule is CC=CC[Si](CC)(CC)CCN1CCCCC1. The van der Waals surface area contributed by atoms with Gasteiger partial charge in [0.2, 0.25) is 0 Å². The maximum atomic E-state index is 2.71. The van der Waals surface area contributed by atoms with E-state index in [4.69, 9.17) is 0 Å². The van der Waals surface area contributed by atoms with Crippen LogP contribution in [-0.2, 0) is 0 Å². The number of piperidine rings is 1. The Bertz CT molecular complexity index is 215. The van der Waals surface area contributed by atoms with Gasteiger partial charge in [-0.15, -0.1) is 0 Å². The molecule has 0 amide bonds. The quantitative estimate of drug-likeness (QED) is 0.476. The highest BCUT2D eigenvalue weighted by atomic mass is 28.3. The molecule has 1 saturated heterocycles. The van der Waals surface area contributed by atoms with Crippen LogP contribution in [0.4, 0.5) is 0 Å². The molecule has 0 aromatic carbocycles. The molecule has 2 heteroatoms. The van der Waals surface area contributed by atoms with Crippen molar-refractivity contribution in [2.24, 2.45) is 0 Å². The highest BCUT2D eigenvalue weighted by Gasteiger charge is 2.27. The van der Waals surface area contributed by atoms with E-state index in [0.29, 0.717) is 0 Å². The second-order valence-electron chi connectivity index (χ2n) is 5.63. The van der Waals surface area contributed by atoms with Gasteiger partial charge in [-0.2, -0.15) is 0 Å². The molecular formula is C15H31NSi. The molecular weight excluding hydrogens is 222 g/mol. The molecule has 0 spiro atoms. The molecule has 0 bridgehead atoms. The fourth-order valence-electron chi connectivity index (χ4n) is 2.94. The summed E-state index contributed by atoms with van der Waals surface area (Å²) in [4.78, 5) is 2.71. The van der Waals surface area contributed by atoms with Gasteiger partial charge in [0, 0.05) is 0 Å². The molecule has 1 rings (SSSR count). The van der Waals surface area contributed by atoms with E-state index in [1.807, 2.05) is 0 Å². The minimum atomic E-state index is -0.977. The first kappa shape index (κ1) is 15.0. The summed E-state index contributed by atoms with van der Waals surface area (Å²) in [5.41, 5.74) is 0. The summed E-state index contributed by atoms with van der Waals surface area (Å²) in [5, 5.41) is 0. The summed E-state index contributed by atoms with van der Waals surface area (Å²) in [6, 6.07) is 5.85. The van der Waals surface area contributed by atoms with Gasteiger partial charge in [0.05, 0.1) is 8.07 Å². The standard InChI is InChI=1S/C15H31NSi/c1-4-7-14-17(5-2,6-3)15-13-16-11-9-8-10-12-16/h4,7H,5-6,8-15H2,1-3H3. The Kier molecular flexibility index (Phi) is 7.13. The number of nitrogens with zero attached hydrogens (tertiary/aromatic N) is 1. The molecule has 100 valence electrons. The van der Waals surface area contributed by atoms with Gasteiger partial charge in [-0.05, 0) is 51.5 Å². The van der Waals surface area contributed by atoms with Gasteiger partial charge in [-0.25, -0.2) is 0 Å². The van der Waals surface area contributed by atoms with Gasteiger partial charge in [0.15, 0.2) is 0 Å². The first-order valence-corrected chi connectivity index (χ1v) is 10.4. The lowest BCUT2D eigenvalue weighted by Gasteiger charge is -2.33. The Morgan fingerprint density at radius 3 is 2.24 bits per heavy atom. The molecule has 1 heterocycles. The Morgan fingerprint density at radius 1 is 1.06 bits per heavy atom. The molecule has 0 N–H and O–H groups in total. The van der Waals surface area contributed by atoms with Crippen LogP contribution < -0.4 is 0 Å². The van der Waals surface area contributed by atoms with Crippen LogP contribution in [0.5, 0.6) is 0 Å². The van der Waals surface area contributed by atoms with Gasteiger partial charge in [-0.1, -0.05) is 44.5 Å². The van der Waals surface area contributed by atoms with E-state index in [2.05, 4.69) is 37.8 Å². The zero-order valence-corrected chi connectivity index (χ0v) is 13.2. The van der Waals surface area contributed by atoms with Crippen molar-refractivity contribution in [1.82, 2.24) is 4.90 Å². The lowest BCUT2D eigenvalue weighted by molar-refractivity contribution is 0.239. The van der Waals surface area contributed by atoms with E-state index in [-0.39, 0.29) is 0 Å². The Labute approximate surface area is 109 Å².